The van der Waals surface area contributed by atoms with Gasteiger partial charge in [0.15, 0.2) is 0 Å². The van der Waals surface area contributed by atoms with Crippen LogP contribution in [0.5, 0.6) is 5.75 Å². The smallest absolute Gasteiger partial charge is 0.263 e. The SMILES string of the molecule is CCCCC(O)(C#CCCN1CCOCC1)C1CCC1CN1CC(c2ccc(Cl)cc2CCC)COc2ccc(C(=O)NS(=O)C(C)C)cc21. The van der Waals surface area contributed by atoms with Gasteiger partial charge >= 0.3 is 0 Å². The van der Waals surface area contributed by atoms with Crippen LogP contribution in [0.3, 0.4) is 0 Å². The second-order valence-electron chi connectivity index (χ2n) is 14.4. The van der Waals surface area contributed by atoms with E-state index in [9.17, 15) is 14.1 Å². The maximum absolute atomic E-state index is 13.2. The van der Waals surface area contributed by atoms with Crippen LogP contribution in [-0.4, -0.2) is 83.5 Å². The molecule has 0 aromatic heterocycles. The molecule has 2 aromatic carbocycles. The molecule has 5 rings (SSSR count). The lowest BCUT2D eigenvalue weighted by Crippen LogP contribution is -2.50. The summed E-state index contributed by atoms with van der Waals surface area (Å²) in [5.41, 5.74) is 2.72. The van der Waals surface area contributed by atoms with Gasteiger partial charge in [-0.2, -0.15) is 0 Å². The molecule has 1 saturated carbocycles. The van der Waals surface area contributed by atoms with E-state index in [1.54, 1.807) is 6.07 Å². The number of halogens is 1. The number of unbranched alkanes of at least 4 members (excludes halogenated alkanes) is 1. The summed E-state index contributed by atoms with van der Waals surface area (Å²) < 4.78 is 27.2. The van der Waals surface area contributed by atoms with Gasteiger partial charge in [0.05, 0.1) is 25.5 Å². The van der Waals surface area contributed by atoms with Crippen molar-refractivity contribution in [2.75, 3.05) is 57.4 Å². The fraction of sp³-hybridized carbons (Fsp3) is 0.625. The number of benzene rings is 2. The van der Waals surface area contributed by atoms with E-state index < -0.39 is 16.6 Å². The zero-order valence-electron chi connectivity index (χ0n) is 30.3. The largest absolute Gasteiger partial charge is 0.491 e. The second kappa shape index (κ2) is 18.2. The number of hydrogen-bond donors (Lipinski definition) is 2. The predicted octanol–water partition coefficient (Wildman–Crippen LogP) is 6.75. The number of nitrogens with one attached hydrogen (secondary N) is 1. The van der Waals surface area contributed by atoms with Crippen LogP contribution < -0.4 is 14.4 Å². The van der Waals surface area contributed by atoms with Gasteiger partial charge in [0, 0.05) is 66.8 Å². The van der Waals surface area contributed by atoms with Crippen molar-refractivity contribution in [3.63, 3.8) is 0 Å². The van der Waals surface area contributed by atoms with Crippen LogP contribution >= 0.6 is 11.6 Å². The highest BCUT2D eigenvalue weighted by Gasteiger charge is 2.46. The second-order valence-corrected chi connectivity index (χ2v) is 16.6. The lowest BCUT2D eigenvalue weighted by Gasteiger charge is -2.47. The van der Waals surface area contributed by atoms with Crippen LogP contribution in [0.4, 0.5) is 5.69 Å². The Bertz CT molecular complexity index is 1540. The summed E-state index contributed by atoms with van der Waals surface area (Å²) in [4.78, 5) is 18.0. The molecule has 2 aliphatic heterocycles. The Morgan fingerprint density at radius 3 is 2.64 bits per heavy atom. The summed E-state index contributed by atoms with van der Waals surface area (Å²) in [6, 6.07) is 11.7. The molecular weight excluding hydrogens is 670 g/mol. The molecule has 8 nitrogen and oxygen atoms in total. The molecule has 1 saturated heterocycles. The summed E-state index contributed by atoms with van der Waals surface area (Å²) in [6.07, 6.45) is 7.20. The van der Waals surface area contributed by atoms with Gasteiger partial charge in [0.1, 0.15) is 22.3 Å². The number of morpholine rings is 1. The number of amides is 1. The molecule has 2 fully saturated rings. The Balaban J connectivity index is 1.42. The highest BCUT2D eigenvalue weighted by Crippen LogP contribution is 2.46. The van der Waals surface area contributed by atoms with Gasteiger partial charge in [-0.15, -0.1) is 0 Å². The summed E-state index contributed by atoms with van der Waals surface area (Å²) in [6.45, 7) is 14.2. The van der Waals surface area contributed by atoms with Crippen LogP contribution in [-0.2, 0) is 22.1 Å². The Morgan fingerprint density at radius 2 is 1.94 bits per heavy atom. The Morgan fingerprint density at radius 1 is 1.14 bits per heavy atom. The molecule has 2 heterocycles. The first-order chi connectivity index (χ1) is 24.1. The van der Waals surface area contributed by atoms with Crippen LogP contribution in [0, 0.1) is 23.7 Å². The van der Waals surface area contributed by atoms with Gasteiger partial charge < -0.3 is 19.5 Å². The zero-order chi connectivity index (χ0) is 35.7. The fourth-order valence-corrected chi connectivity index (χ4v) is 8.19. The van der Waals surface area contributed by atoms with Crippen LogP contribution in [0.25, 0.3) is 0 Å². The number of carbonyl (C=O) groups excluding carboxylic acids is 1. The topological polar surface area (TPSA) is 91.3 Å². The van der Waals surface area contributed by atoms with E-state index in [0.29, 0.717) is 31.7 Å². The molecule has 1 aliphatic carbocycles. The third kappa shape index (κ3) is 9.83. The van der Waals surface area contributed by atoms with Gasteiger partial charge in [-0.1, -0.05) is 56.2 Å². The molecule has 3 aliphatic rings. The monoisotopic (exact) mass is 725 g/mol. The lowest BCUT2D eigenvalue weighted by molar-refractivity contribution is -0.0441. The maximum atomic E-state index is 13.2. The van der Waals surface area contributed by atoms with Crippen LogP contribution in [0.2, 0.25) is 5.02 Å². The normalized spacial score (nSPS) is 22.6. The van der Waals surface area contributed by atoms with Gasteiger partial charge in [0.2, 0.25) is 0 Å². The molecule has 2 N–H and O–H groups in total. The molecule has 5 unspecified atom stereocenters. The van der Waals surface area contributed by atoms with E-state index in [-0.39, 0.29) is 28.9 Å². The van der Waals surface area contributed by atoms with Crippen molar-refractivity contribution in [2.45, 2.75) is 95.8 Å². The van der Waals surface area contributed by atoms with Gasteiger partial charge in [-0.3, -0.25) is 14.4 Å². The average Bonchev–Trinajstić information content (AvgIpc) is 3.27. The number of nitrogens with zero attached hydrogens (tertiary/aromatic N) is 2. The van der Waals surface area contributed by atoms with Gasteiger partial charge in [-0.05, 0) is 93.3 Å². The lowest BCUT2D eigenvalue weighted by atomic mass is 9.63. The highest BCUT2D eigenvalue weighted by atomic mass is 35.5. The quantitative estimate of drug-likeness (QED) is 0.208. The summed E-state index contributed by atoms with van der Waals surface area (Å²) >= 11 is 6.46. The molecule has 0 spiro atoms. The average molecular weight is 726 g/mol. The predicted molar refractivity (Wildman–Crippen MR) is 203 cm³/mol. The minimum absolute atomic E-state index is 0.0575. The Kier molecular flexibility index (Phi) is 14.1. The number of fused-ring (bicyclic) bond motifs is 1. The van der Waals surface area contributed by atoms with E-state index in [1.807, 2.05) is 32.0 Å². The number of anilines is 1. The van der Waals surface area contributed by atoms with E-state index in [4.69, 9.17) is 21.1 Å². The summed E-state index contributed by atoms with van der Waals surface area (Å²) in [5.74, 6) is 7.48. The first-order valence-corrected chi connectivity index (χ1v) is 20.2. The maximum Gasteiger partial charge on any atom is 0.263 e. The number of aryl methyl sites for hydroxylation is 1. The number of hydrogen-bond acceptors (Lipinski definition) is 7. The Labute approximate surface area is 307 Å². The van der Waals surface area contributed by atoms with Gasteiger partial charge in [-0.25, -0.2) is 4.21 Å². The molecule has 0 bridgehead atoms. The van der Waals surface area contributed by atoms with Crippen molar-refractivity contribution in [1.82, 2.24) is 9.62 Å². The molecule has 2 aromatic rings. The van der Waals surface area contributed by atoms with Crippen molar-refractivity contribution in [2.24, 2.45) is 11.8 Å². The van der Waals surface area contributed by atoms with Crippen LogP contribution in [0.1, 0.15) is 100 Å². The Hall–Kier alpha value is -2.61. The fourth-order valence-electron chi connectivity index (χ4n) is 7.46. The summed E-state index contributed by atoms with van der Waals surface area (Å²) in [7, 11) is -1.48. The van der Waals surface area contributed by atoms with E-state index in [2.05, 4.69) is 52.3 Å². The molecule has 1 amide bonds. The zero-order valence-corrected chi connectivity index (χ0v) is 31.9. The molecule has 10 heteroatoms. The number of ether oxygens (including phenoxy) is 2. The summed E-state index contributed by atoms with van der Waals surface area (Å²) in [5, 5.41) is 12.7. The van der Waals surface area contributed by atoms with Crippen molar-refractivity contribution in [3.05, 3.63) is 58.1 Å². The number of rotatable bonds is 14. The van der Waals surface area contributed by atoms with Gasteiger partial charge in [0.25, 0.3) is 5.91 Å². The molecule has 5 atom stereocenters. The van der Waals surface area contributed by atoms with Crippen molar-refractivity contribution < 1.29 is 23.6 Å². The number of carbonyl (C=O) groups is 1. The van der Waals surface area contributed by atoms with Crippen molar-refractivity contribution in [1.29, 1.82) is 0 Å². The first-order valence-electron chi connectivity index (χ1n) is 18.7. The highest BCUT2D eigenvalue weighted by molar-refractivity contribution is 7.84. The molecule has 0 radical (unpaired) electrons. The first kappa shape index (κ1) is 38.6. The minimum Gasteiger partial charge on any atom is -0.491 e. The van der Waals surface area contributed by atoms with E-state index in [0.717, 1.165) is 94.3 Å². The van der Waals surface area contributed by atoms with Crippen molar-refractivity contribution in [3.8, 4) is 17.6 Å². The van der Waals surface area contributed by atoms with Crippen LogP contribution in [0.15, 0.2) is 36.4 Å². The standard InChI is InChI=1S/C40H56ClN3O5S/c1-5-7-17-40(46,18-8-9-19-43-20-22-48-23-21-43)36-15-11-32(36)26-44-27-33(35-14-13-34(41)24-30(35)10-6-2)28-49-38-16-12-31(25-37(38)44)39(45)42-50(47)29(3)4/h12-14,16,24-25,29,32-33,36,46H,5-7,9-11,15,17,19-23,26-28H2,1-4H3,(H,42,45). The molecule has 50 heavy (non-hydrogen) atoms. The third-order valence-corrected chi connectivity index (χ3v) is 12.0. The molecule has 274 valence electrons. The van der Waals surface area contributed by atoms with E-state index in [1.165, 1.54) is 11.1 Å². The minimum atomic E-state index is -1.48. The molecular formula is C40H56ClN3O5S. The van der Waals surface area contributed by atoms with E-state index >= 15 is 0 Å². The number of aliphatic hydroxyl groups is 1. The third-order valence-electron chi connectivity index (χ3n) is 10.5. The van der Waals surface area contributed by atoms with Crippen molar-refractivity contribution >= 4 is 34.2 Å².